The van der Waals surface area contributed by atoms with Gasteiger partial charge in [-0.25, -0.2) is 4.39 Å². The van der Waals surface area contributed by atoms with E-state index in [0.717, 1.165) is 12.1 Å². The molecule has 0 aliphatic carbocycles. The normalized spacial score (nSPS) is 11.6. The van der Waals surface area contributed by atoms with Gasteiger partial charge in [0.1, 0.15) is 5.82 Å². The second kappa shape index (κ2) is 7.38. The molecule has 0 bridgehead atoms. The Labute approximate surface area is 142 Å². The van der Waals surface area contributed by atoms with E-state index in [0.29, 0.717) is 11.3 Å². The maximum absolute atomic E-state index is 13.2. The Morgan fingerprint density at radius 3 is 2.44 bits per heavy atom. The fraction of sp³-hybridized carbons (Fsp3) is 0.167. The molecule has 0 radical (unpaired) electrons. The average molecular weight is 352 g/mol. The zero-order valence-electron chi connectivity index (χ0n) is 13.6. The Hall–Kier alpha value is -2.83. The summed E-state index contributed by atoms with van der Waals surface area (Å²) in [5, 5.41) is 2.21. The first-order valence-corrected chi connectivity index (χ1v) is 7.30. The lowest BCUT2D eigenvalue weighted by molar-refractivity contribution is -0.136. The highest BCUT2D eigenvalue weighted by atomic mass is 19.4. The molecule has 1 N–H and O–H groups in total. The molecule has 0 fully saturated rings. The lowest BCUT2D eigenvalue weighted by Crippen LogP contribution is -2.16. The molecule has 0 aromatic heterocycles. The Morgan fingerprint density at radius 2 is 1.84 bits per heavy atom. The van der Waals surface area contributed by atoms with E-state index < -0.39 is 23.5 Å². The third-order valence-corrected chi connectivity index (χ3v) is 3.36. The van der Waals surface area contributed by atoms with Gasteiger partial charge in [-0.1, -0.05) is 12.1 Å². The van der Waals surface area contributed by atoms with Gasteiger partial charge < -0.3 is 10.2 Å². The van der Waals surface area contributed by atoms with Gasteiger partial charge >= 0.3 is 6.18 Å². The van der Waals surface area contributed by atoms with E-state index in [9.17, 15) is 22.4 Å². The molecule has 0 aliphatic heterocycles. The fourth-order valence-corrected chi connectivity index (χ4v) is 2.11. The van der Waals surface area contributed by atoms with Crippen LogP contribution in [-0.2, 0) is 11.0 Å². The molecule has 7 heteroatoms. The number of nitrogens with zero attached hydrogens (tertiary/aromatic N) is 1. The molecule has 0 saturated carbocycles. The van der Waals surface area contributed by atoms with Crippen molar-refractivity contribution in [2.45, 2.75) is 6.18 Å². The van der Waals surface area contributed by atoms with Gasteiger partial charge in [0.25, 0.3) is 0 Å². The number of halogens is 4. The second-order valence-corrected chi connectivity index (χ2v) is 5.50. The molecule has 0 unspecified atom stereocenters. The van der Waals surface area contributed by atoms with Crippen molar-refractivity contribution in [1.82, 2.24) is 0 Å². The highest BCUT2D eigenvalue weighted by molar-refractivity contribution is 6.02. The summed E-state index contributed by atoms with van der Waals surface area (Å²) in [5.74, 6) is -1.21. The van der Waals surface area contributed by atoms with E-state index >= 15 is 0 Å². The van der Waals surface area contributed by atoms with Crippen LogP contribution in [0.1, 0.15) is 11.1 Å². The SMILES string of the molecule is CN(C)c1ccc(NC(=O)/C=C/c2cccc(F)c2)c(C(F)(F)F)c1. The molecule has 2 aromatic carbocycles. The van der Waals surface area contributed by atoms with Crippen molar-refractivity contribution in [2.24, 2.45) is 0 Å². The van der Waals surface area contributed by atoms with Crippen molar-refractivity contribution >= 4 is 23.4 Å². The van der Waals surface area contributed by atoms with Crippen molar-refractivity contribution in [3.63, 3.8) is 0 Å². The Balaban J connectivity index is 2.22. The van der Waals surface area contributed by atoms with Gasteiger partial charge in [0.2, 0.25) is 5.91 Å². The molecule has 0 heterocycles. The minimum absolute atomic E-state index is 0.341. The zero-order chi connectivity index (χ0) is 18.6. The number of carbonyl (C=O) groups excluding carboxylic acids is 1. The summed E-state index contributed by atoms with van der Waals surface area (Å²) in [7, 11) is 3.24. The number of carbonyl (C=O) groups is 1. The predicted molar refractivity (Wildman–Crippen MR) is 89.8 cm³/mol. The summed E-state index contributed by atoms with van der Waals surface area (Å²) in [6.45, 7) is 0. The molecule has 25 heavy (non-hydrogen) atoms. The number of hydrogen-bond acceptors (Lipinski definition) is 2. The second-order valence-electron chi connectivity index (χ2n) is 5.50. The van der Waals surface area contributed by atoms with E-state index in [1.54, 1.807) is 20.2 Å². The van der Waals surface area contributed by atoms with Gasteiger partial charge in [-0.2, -0.15) is 13.2 Å². The van der Waals surface area contributed by atoms with Crippen molar-refractivity contribution in [3.05, 3.63) is 65.5 Å². The van der Waals surface area contributed by atoms with Gasteiger partial charge in [-0.05, 0) is 42.0 Å². The van der Waals surface area contributed by atoms with Crippen molar-refractivity contribution in [2.75, 3.05) is 24.3 Å². The van der Waals surface area contributed by atoms with Crippen LogP contribution in [0.5, 0.6) is 0 Å². The van der Waals surface area contributed by atoms with Crippen LogP contribution in [0.2, 0.25) is 0 Å². The lowest BCUT2D eigenvalue weighted by Gasteiger charge is -2.18. The molecule has 0 atom stereocenters. The molecule has 132 valence electrons. The Morgan fingerprint density at radius 1 is 1.12 bits per heavy atom. The van der Waals surface area contributed by atoms with E-state index in [1.165, 1.54) is 41.3 Å². The van der Waals surface area contributed by atoms with Crippen molar-refractivity contribution in [1.29, 1.82) is 0 Å². The molecular weight excluding hydrogens is 336 g/mol. The van der Waals surface area contributed by atoms with Gasteiger partial charge in [0.15, 0.2) is 0 Å². The van der Waals surface area contributed by atoms with Gasteiger partial charge in [-0.3, -0.25) is 4.79 Å². The van der Waals surface area contributed by atoms with Crippen LogP contribution in [0.4, 0.5) is 28.9 Å². The van der Waals surface area contributed by atoms with Crippen LogP contribution in [-0.4, -0.2) is 20.0 Å². The Bertz CT molecular complexity index is 798. The van der Waals surface area contributed by atoms with Crippen LogP contribution in [0, 0.1) is 5.82 Å². The third-order valence-electron chi connectivity index (χ3n) is 3.36. The molecule has 1 amide bonds. The molecular formula is C18H16F4N2O. The number of hydrogen-bond donors (Lipinski definition) is 1. The quantitative estimate of drug-likeness (QED) is 0.646. The minimum atomic E-state index is -4.61. The largest absolute Gasteiger partial charge is 0.418 e. The standard InChI is InChI=1S/C18H16F4N2O/c1-24(2)14-7-8-16(15(11-14)18(20,21)22)23-17(25)9-6-12-4-3-5-13(19)10-12/h3-11H,1-2H3,(H,23,25)/b9-6+. The van der Waals surface area contributed by atoms with Crippen LogP contribution in [0.15, 0.2) is 48.5 Å². The van der Waals surface area contributed by atoms with Crippen LogP contribution < -0.4 is 10.2 Å². The number of rotatable bonds is 4. The highest BCUT2D eigenvalue weighted by Gasteiger charge is 2.34. The number of benzene rings is 2. The number of alkyl halides is 3. The fourth-order valence-electron chi connectivity index (χ4n) is 2.11. The summed E-state index contributed by atoms with van der Waals surface area (Å²) >= 11 is 0. The van der Waals surface area contributed by atoms with Crippen molar-refractivity contribution < 1.29 is 22.4 Å². The van der Waals surface area contributed by atoms with Crippen molar-refractivity contribution in [3.8, 4) is 0 Å². The van der Waals surface area contributed by atoms with E-state index in [-0.39, 0.29) is 5.69 Å². The van der Waals surface area contributed by atoms with Gasteiger partial charge in [0.05, 0.1) is 11.3 Å². The lowest BCUT2D eigenvalue weighted by atomic mass is 10.1. The summed E-state index contributed by atoms with van der Waals surface area (Å²) < 4.78 is 52.7. The first-order valence-electron chi connectivity index (χ1n) is 7.30. The maximum atomic E-state index is 13.2. The van der Waals surface area contributed by atoms with Crippen LogP contribution in [0.3, 0.4) is 0 Å². The first-order chi connectivity index (χ1) is 11.7. The van der Waals surface area contributed by atoms with E-state index in [1.807, 2.05) is 0 Å². The molecule has 2 aromatic rings. The summed E-state index contributed by atoms with van der Waals surface area (Å²) in [6, 6.07) is 9.13. The number of nitrogens with one attached hydrogen (secondary N) is 1. The molecule has 0 saturated heterocycles. The molecule has 2 rings (SSSR count). The summed E-state index contributed by atoms with van der Waals surface area (Å²) in [6.07, 6.45) is -2.24. The highest BCUT2D eigenvalue weighted by Crippen LogP contribution is 2.37. The molecule has 3 nitrogen and oxygen atoms in total. The molecule has 0 spiro atoms. The monoisotopic (exact) mass is 352 g/mol. The molecule has 0 aliphatic rings. The smallest absolute Gasteiger partial charge is 0.378 e. The maximum Gasteiger partial charge on any atom is 0.418 e. The average Bonchev–Trinajstić information content (AvgIpc) is 2.52. The Kier molecular flexibility index (Phi) is 5.46. The van der Waals surface area contributed by atoms with Crippen LogP contribution in [0.25, 0.3) is 6.08 Å². The summed E-state index contributed by atoms with van der Waals surface area (Å²) in [5.41, 5.74) is -0.493. The predicted octanol–water partition coefficient (Wildman–Crippen LogP) is 4.56. The first kappa shape index (κ1) is 18.5. The van der Waals surface area contributed by atoms with E-state index in [4.69, 9.17) is 0 Å². The third kappa shape index (κ3) is 5.07. The minimum Gasteiger partial charge on any atom is -0.378 e. The summed E-state index contributed by atoms with van der Waals surface area (Å²) in [4.78, 5) is 13.4. The topological polar surface area (TPSA) is 32.3 Å². The zero-order valence-corrected chi connectivity index (χ0v) is 13.6. The number of anilines is 2. The number of amides is 1. The van der Waals surface area contributed by atoms with Crippen LogP contribution >= 0.6 is 0 Å². The van der Waals surface area contributed by atoms with E-state index in [2.05, 4.69) is 5.32 Å². The van der Waals surface area contributed by atoms with Gasteiger partial charge in [-0.15, -0.1) is 0 Å². The van der Waals surface area contributed by atoms with Gasteiger partial charge in [0, 0.05) is 25.9 Å².